The number of furan rings is 2. The molecule has 106 valence electrons. The topological polar surface area (TPSA) is 26.3 Å². The second kappa shape index (κ2) is 5.74. The van der Waals surface area contributed by atoms with Crippen molar-refractivity contribution in [3.8, 4) is 0 Å². The van der Waals surface area contributed by atoms with Gasteiger partial charge in [-0.25, -0.2) is 0 Å². The number of hydrogen-bond donors (Lipinski definition) is 0. The van der Waals surface area contributed by atoms with Crippen LogP contribution in [0.5, 0.6) is 0 Å². The Morgan fingerprint density at radius 1 is 0.750 bits per heavy atom. The fraction of sp³-hybridized carbons (Fsp3) is 0.444. The maximum absolute atomic E-state index is 5.93. The van der Waals surface area contributed by atoms with E-state index in [-0.39, 0.29) is 0 Å². The van der Waals surface area contributed by atoms with Crippen LogP contribution in [0.3, 0.4) is 0 Å². The summed E-state index contributed by atoms with van der Waals surface area (Å²) in [5, 5.41) is 2.39. The number of benzene rings is 1. The molecule has 1 aromatic carbocycles. The van der Waals surface area contributed by atoms with Gasteiger partial charge in [0.1, 0.15) is 22.7 Å². The predicted molar refractivity (Wildman–Crippen MR) is 83.2 cm³/mol. The largest absolute Gasteiger partial charge is 0.461 e. The van der Waals surface area contributed by atoms with E-state index in [2.05, 4.69) is 26.0 Å². The molecular formula is C18H22O2. The van der Waals surface area contributed by atoms with Crippen LogP contribution >= 0.6 is 0 Å². The third kappa shape index (κ3) is 2.47. The highest BCUT2D eigenvalue weighted by molar-refractivity contribution is 6.04. The molecule has 0 spiro atoms. The molecular weight excluding hydrogens is 248 g/mol. The van der Waals surface area contributed by atoms with Crippen LogP contribution in [0.25, 0.3) is 21.9 Å². The summed E-state index contributed by atoms with van der Waals surface area (Å²) in [4.78, 5) is 0. The number of unbranched alkanes of at least 4 members (excludes halogenated alkanes) is 2. The highest BCUT2D eigenvalue weighted by Crippen LogP contribution is 2.31. The number of rotatable bonds is 6. The van der Waals surface area contributed by atoms with E-state index in [4.69, 9.17) is 8.83 Å². The van der Waals surface area contributed by atoms with Crippen molar-refractivity contribution < 1.29 is 8.83 Å². The molecule has 2 nitrogen and oxygen atoms in total. The van der Waals surface area contributed by atoms with Crippen molar-refractivity contribution in [1.82, 2.24) is 0 Å². The molecule has 0 radical (unpaired) electrons. The van der Waals surface area contributed by atoms with Gasteiger partial charge in [-0.05, 0) is 37.1 Å². The number of fused-ring (bicyclic) bond motifs is 3. The lowest BCUT2D eigenvalue weighted by atomic mass is 10.1. The van der Waals surface area contributed by atoms with E-state index < -0.39 is 0 Å². The molecule has 0 saturated carbocycles. The van der Waals surface area contributed by atoms with Gasteiger partial charge >= 0.3 is 0 Å². The summed E-state index contributed by atoms with van der Waals surface area (Å²) >= 11 is 0. The average Bonchev–Trinajstić information content (AvgIpc) is 3.05. The highest BCUT2D eigenvalue weighted by Gasteiger charge is 2.11. The average molecular weight is 270 g/mol. The summed E-state index contributed by atoms with van der Waals surface area (Å²) in [5.74, 6) is 2.18. The Morgan fingerprint density at radius 2 is 1.20 bits per heavy atom. The lowest BCUT2D eigenvalue weighted by Crippen LogP contribution is -1.78. The van der Waals surface area contributed by atoms with Crippen LogP contribution in [0.4, 0.5) is 0 Å². The minimum absolute atomic E-state index is 0.978. The van der Waals surface area contributed by atoms with Gasteiger partial charge in [-0.1, -0.05) is 26.7 Å². The molecule has 3 aromatic rings. The molecule has 0 aliphatic rings. The van der Waals surface area contributed by atoms with Crippen LogP contribution in [0.15, 0.2) is 33.1 Å². The third-order valence-corrected chi connectivity index (χ3v) is 3.85. The van der Waals surface area contributed by atoms with E-state index in [0.29, 0.717) is 0 Å². The first kappa shape index (κ1) is 13.3. The monoisotopic (exact) mass is 270 g/mol. The maximum atomic E-state index is 5.93. The molecule has 2 aromatic heterocycles. The van der Waals surface area contributed by atoms with Crippen LogP contribution in [0.2, 0.25) is 0 Å². The molecule has 0 aliphatic carbocycles. The van der Waals surface area contributed by atoms with Crippen molar-refractivity contribution in [2.75, 3.05) is 0 Å². The molecule has 0 fully saturated rings. The van der Waals surface area contributed by atoms with Gasteiger partial charge in [0.15, 0.2) is 0 Å². The number of aryl methyl sites for hydroxylation is 2. The zero-order valence-corrected chi connectivity index (χ0v) is 12.4. The summed E-state index contributed by atoms with van der Waals surface area (Å²) in [6.45, 7) is 4.41. The Balaban J connectivity index is 2.00. The molecule has 0 bridgehead atoms. The van der Waals surface area contributed by atoms with Gasteiger partial charge in [0, 0.05) is 23.6 Å². The Morgan fingerprint density at radius 3 is 1.60 bits per heavy atom. The first-order valence-electron chi connectivity index (χ1n) is 7.75. The van der Waals surface area contributed by atoms with Crippen molar-refractivity contribution in [1.29, 1.82) is 0 Å². The van der Waals surface area contributed by atoms with Crippen molar-refractivity contribution in [2.45, 2.75) is 52.4 Å². The van der Waals surface area contributed by atoms with Gasteiger partial charge in [0.25, 0.3) is 0 Å². The molecule has 20 heavy (non-hydrogen) atoms. The van der Waals surface area contributed by atoms with Crippen molar-refractivity contribution in [3.63, 3.8) is 0 Å². The Labute approximate surface area is 119 Å². The Kier molecular flexibility index (Phi) is 3.81. The van der Waals surface area contributed by atoms with Crippen molar-refractivity contribution in [3.05, 3.63) is 35.8 Å². The maximum Gasteiger partial charge on any atom is 0.135 e. The molecule has 2 heteroatoms. The first-order valence-corrected chi connectivity index (χ1v) is 7.75. The van der Waals surface area contributed by atoms with E-state index in [1.165, 1.54) is 36.5 Å². The second-order valence-corrected chi connectivity index (χ2v) is 5.52. The zero-order chi connectivity index (χ0) is 13.9. The predicted octanol–water partition coefficient (Wildman–Crippen LogP) is 5.86. The normalized spacial score (nSPS) is 11.7. The first-order chi connectivity index (χ1) is 9.81. The minimum atomic E-state index is 0.978. The van der Waals surface area contributed by atoms with Gasteiger partial charge in [-0.2, -0.15) is 0 Å². The molecule has 0 amide bonds. The zero-order valence-electron chi connectivity index (χ0n) is 12.4. The summed E-state index contributed by atoms with van der Waals surface area (Å²) in [6.07, 6.45) is 6.78. The van der Waals surface area contributed by atoms with Crippen LogP contribution < -0.4 is 0 Å². The molecule has 0 atom stereocenters. The summed E-state index contributed by atoms with van der Waals surface area (Å²) in [7, 11) is 0. The van der Waals surface area contributed by atoms with Crippen LogP contribution in [0.1, 0.15) is 51.1 Å². The van der Waals surface area contributed by atoms with Crippen molar-refractivity contribution in [2.24, 2.45) is 0 Å². The van der Waals surface area contributed by atoms with Gasteiger partial charge in [0.05, 0.1) is 0 Å². The van der Waals surface area contributed by atoms with E-state index in [1.807, 2.05) is 12.1 Å². The molecule has 0 saturated heterocycles. The molecule has 0 unspecified atom stereocenters. The third-order valence-electron chi connectivity index (χ3n) is 3.85. The fourth-order valence-corrected chi connectivity index (χ4v) is 2.68. The van der Waals surface area contributed by atoms with E-state index in [9.17, 15) is 0 Å². The fourth-order valence-electron chi connectivity index (χ4n) is 2.68. The smallest absolute Gasteiger partial charge is 0.135 e. The van der Waals surface area contributed by atoms with Gasteiger partial charge in [-0.15, -0.1) is 0 Å². The quantitative estimate of drug-likeness (QED) is 0.560. The summed E-state index contributed by atoms with van der Waals surface area (Å²) in [6, 6.07) is 8.43. The molecule has 0 N–H and O–H groups in total. The van der Waals surface area contributed by atoms with E-state index in [0.717, 1.165) is 35.5 Å². The molecule has 2 heterocycles. The van der Waals surface area contributed by atoms with E-state index in [1.54, 1.807) is 0 Å². The van der Waals surface area contributed by atoms with Gasteiger partial charge in [-0.3, -0.25) is 0 Å². The minimum Gasteiger partial charge on any atom is -0.461 e. The Bertz CT molecular complexity index is 641. The number of hydrogen-bond acceptors (Lipinski definition) is 2. The lowest BCUT2D eigenvalue weighted by Gasteiger charge is -1.91. The van der Waals surface area contributed by atoms with Crippen LogP contribution in [-0.4, -0.2) is 0 Å². The van der Waals surface area contributed by atoms with Gasteiger partial charge < -0.3 is 8.83 Å². The molecule has 0 aliphatic heterocycles. The lowest BCUT2D eigenvalue weighted by molar-refractivity contribution is 0.533. The second-order valence-electron chi connectivity index (χ2n) is 5.52. The standard InChI is InChI=1S/C18H22O2/c1-3-5-7-13-11-15-16-12-14(8-6-4-2)20-18(16)10-9-17(15)19-13/h9-12H,3-8H2,1-2H3. The SMILES string of the molecule is CCCCc1cc2c(ccc3oc(CCCC)cc32)o1. The highest BCUT2D eigenvalue weighted by atomic mass is 16.3. The molecule has 3 rings (SSSR count). The Hall–Kier alpha value is -1.70. The van der Waals surface area contributed by atoms with Crippen LogP contribution in [-0.2, 0) is 12.8 Å². The summed E-state index contributed by atoms with van der Waals surface area (Å²) in [5.41, 5.74) is 1.96. The van der Waals surface area contributed by atoms with Crippen molar-refractivity contribution >= 4 is 21.9 Å². The van der Waals surface area contributed by atoms with Crippen LogP contribution in [0, 0.1) is 0 Å². The van der Waals surface area contributed by atoms with Gasteiger partial charge in [0.2, 0.25) is 0 Å². The summed E-state index contributed by atoms with van der Waals surface area (Å²) < 4.78 is 11.9. The van der Waals surface area contributed by atoms with E-state index >= 15 is 0 Å².